The molecular formula is C22H23N5O2S. The number of hydrogen-bond acceptors (Lipinski definition) is 6. The molecule has 8 heteroatoms. The fourth-order valence-corrected chi connectivity index (χ4v) is 4.95. The average Bonchev–Trinajstić information content (AvgIpc) is 3.39. The van der Waals surface area contributed by atoms with Gasteiger partial charge in [0.25, 0.3) is 0 Å². The quantitative estimate of drug-likeness (QED) is 0.525. The van der Waals surface area contributed by atoms with Crippen LogP contribution < -0.4 is 15.8 Å². The average molecular weight is 422 g/mol. The molecule has 1 saturated heterocycles. The molecule has 0 saturated carbocycles. The number of ether oxygens (including phenoxy) is 1. The van der Waals surface area contributed by atoms with Crippen molar-refractivity contribution < 1.29 is 9.53 Å². The molecule has 2 atom stereocenters. The molecule has 1 aliphatic rings. The molecule has 30 heavy (non-hydrogen) atoms. The fraction of sp³-hybridized carbons (Fsp3) is 0.318. The van der Waals surface area contributed by atoms with E-state index >= 15 is 0 Å². The topological polar surface area (TPSA) is 95.1 Å². The molecule has 0 spiro atoms. The largest absolute Gasteiger partial charge is 0.489 e. The van der Waals surface area contributed by atoms with Crippen LogP contribution in [0.4, 0.5) is 5.82 Å². The third-order valence-corrected chi connectivity index (χ3v) is 6.76. The predicted octanol–water partition coefficient (Wildman–Crippen LogP) is 3.64. The van der Waals surface area contributed by atoms with Crippen LogP contribution in [0.5, 0.6) is 5.75 Å². The first kappa shape index (κ1) is 18.9. The van der Waals surface area contributed by atoms with Gasteiger partial charge in [-0.15, -0.1) is 11.3 Å². The van der Waals surface area contributed by atoms with E-state index in [1.807, 2.05) is 27.0 Å². The molecule has 0 bridgehead atoms. The Bertz CT molecular complexity index is 1290. The van der Waals surface area contributed by atoms with Crippen molar-refractivity contribution in [2.45, 2.75) is 26.4 Å². The van der Waals surface area contributed by atoms with Gasteiger partial charge in [0, 0.05) is 31.3 Å². The lowest BCUT2D eigenvalue weighted by molar-refractivity contribution is -0.119. The fourth-order valence-electron chi connectivity index (χ4n) is 4.10. The molecule has 2 aromatic carbocycles. The number of fused-ring (bicyclic) bond motifs is 2. The minimum Gasteiger partial charge on any atom is -0.489 e. The Balaban J connectivity index is 1.58. The second-order valence-electron chi connectivity index (χ2n) is 7.89. The molecular weight excluding hydrogens is 398 g/mol. The Labute approximate surface area is 177 Å². The van der Waals surface area contributed by atoms with Gasteiger partial charge < -0.3 is 15.8 Å². The van der Waals surface area contributed by atoms with E-state index in [1.54, 1.807) is 16.0 Å². The Morgan fingerprint density at radius 2 is 2.13 bits per heavy atom. The van der Waals surface area contributed by atoms with Crippen LogP contribution in [0.1, 0.15) is 18.4 Å². The van der Waals surface area contributed by atoms with Gasteiger partial charge in [-0.1, -0.05) is 6.07 Å². The Morgan fingerprint density at radius 1 is 1.30 bits per heavy atom. The van der Waals surface area contributed by atoms with Gasteiger partial charge in [0.2, 0.25) is 5.91 Å². The second-order valence-corrected chi connectivity index (χ2v) is 9.09. The normalized spacial score (nSPS) is 17.6. The molecule has 3 N–H and O–H groups in total. The molecule has 7 nitrogen and oxygen atoms in total. The number of aryl methyl sites for hydroxylation is 2. The summed E-state index contributed by atoms with van der Waals surface area (Å²) in [5.41, 5.74) is 10.0. The molecule has 3 heterocycles. The molecule has 2 aromatic heterocycles. The van der Waals surface area contributed by atoms with Gasteiger partial charge in [-0.2, -0.15) is 5.10 Å². The SMILES string of the molecule is Cc1nc2cc(-c3ccc4c(c3)c(N)nn4C)cc(O[C@H](C)[C@H]3CNC(=O)C3)c2s1. The Hall–Kier alpha value is -3.13. The van der Waals surface area contributed by atoms with Crippen LogP contribution in [0.3, 0.4) is 0 Å². The van der Waals surface area contributed by atoms with Gasteiger partial charge in [0.05, 0.1) is 20.7 Å². The highest BCUT2D eigenvalue weighted by atomic mass is 32.1. The summed E-state index contributed by atoms with van der Waals surface area (Å²) in [5.74, 6) is 1.57. The van der Waals surface area contributed by atoms with Crippen molar-refractivity contribution in [2.24, 2.45) is 13.0 Å². The number of aromatic nitrogens is 3. The molecule has 1 fully saturated rings. The molecule has 0 aliphatic carbocycles. The number of nitrogens with one attached hydrogen (secondary N) is 1. The summed E-state index contributed by atoms with van der Waals surface area (Å²) in [4.78, 5) is 16.3. The van der Waals surface area contributed by atoms with Crippen molar-refractivity contribution in [3.63, 3.8) is 0 Å². The summed E-state index contributed by atoms with van der Waals surface area (Å²) >= 11 is 1.62. The Morgan fingerprint density at radius 3 is 2.90 bits per heavy atom. The highest BCUT2D eigenvalue weighted by molar-refractivity contribution is 7.18. The summed E-state index contributed by atoms with van der Waals surface area (Å²) in [6.07, 6.45) is 0.420. The van der Waals surface area contributed by atoms with Gasteiger partial charge in [0.1, 0.15) is 11.9 Å². The van der Waals surface area contributed by atoms with E-state index in [9.17, 15) is 4.79 Å². The van der Waals surface area contributed by atoms with Crippen molar-refractivity contribution in [3.8, 4) is 16.9 Å². The standard InChI is InChI=1S/C22H23N5O2S/c1-11(15-9-20(28)24-10-15)29-19-8-14(7-17-21(19)30-12(2)25-17)13-4-5-18-16(6-13)22(23)26-27(18)3/h4-8,11,15H,9-10H2,1-3H3,(H2,23,26)(H,24,28)/t11-,15-/m1/s1. The van der Waals surface area contributed by atoms with Crippen LogP contribution in [0.25, 0.3) is 32.2 Å². The van der Waals surface area contributed by atoms with E-state index in [2.05, 4.69) is 34.7 Å². The van der Waals surface area contributed by atoms with E-state index in [0.29, 0.717) is 18.8 Å². The third kappa shape index (κ3) is 3.17. The lowest BCUT2D eigenvalue weighted by Crippen LogP contribution is -2.25. The summed E-state index contributed by atoms with van der Waals surface area (Å²) in [6.45, 7) is 4.68. The van der Waals surface area contributed by atoms with E-state index in [-0.39, 0.29) is 17.9 Å². The smallest absolute Gasteiger partial charge is 0.220 e. The van der Waals surface area contributed by atoms with Crippen LogP contribution in [0.15, 0.2) is 30.3 Å². The minimum absolute atomic E-state index is 0.0822. The highest BCUT2D eigenvalue weighted by Gasteiger charge is 2.28. The van der Waals surface area contributed by atoms with Crippen molar-refractivity contribution >= 4 is 44.2 Å². The van der Waals surface area contributed by atoms with Crippen molar-refractivity contribution in [1.82, 2.24) is 20.1 Å². The number of benzene rings is 2. The van der Waals surface area contributed by atoms with E-state index in [1.165, 1.54) is 0 Å². The van der Waals surface area contributed by atoms with Crippen molar-refractivity contribution in [2.75, 3.05) is 12.3 Å². The summed E-state index contributed by atoms with van der Waals surface area (Å²) < 4.78 is 9.20. The second kappa shape index (κ2) is 6.98. The predicted molar refractivity (Wildman–Crippen MR) is 120 cm³/mol. The zero-order valence-electron chi connectivity index (χ0n) is 17.1. The maximum Gasteiger partial charge on any atom is 0.220 e. The number of rotatable bonds is 4. The minimum atomic E-state index is -0.0822. The van der Waals surface area contributed by atoms with Crippen LogP contribution in [-0.4, -0.2) is 33.3 Å². The lowest BCUT2D eigenvalue weighted by Gasteiger charge is -2.20. The van der Waals surface area contributed by atoms with E-state index in [4.69, 9.17) is 15.5 Å². The third-order valence-electron chi connectivity index (χ3n) is 5.76. The number of thiazole rings is 1. The molecule has 1 aliphatic heterocycles. The number of hydrogen-bond donors (Lipinski definition) is 2. The number of carbonyl (C=O) groups excluding carboxylic acids is 1. The summed E-state index contributed by atoms with van der Waals surface area (Å²) in [6, 6.07) is 10.3. The van der Waals surface area contributed by atoms with Crippen molar-refractivity contribution in [1.29, 1.82) is 0 Å². The lowest BCUT2D eigenvalue weighted by atomic mass is 10.0. The van der Waals surface area contributed by atoms with Gasteiger partial charge in [0.15, 0.2) is 5.82 Å². The van der Waals surface area contributed by atoms with Crippen LogP contribution in [-0.2, 0) is 11.8 Å². The van der Waals surface area contributed by atoms with Crippen molar-refractivity contribution in [3.05, 3.63) is 35.3 Å². The summed E-state index contributed by atoms with van der Waals surface area (Å²) in [7, 11) is 1.89. The van der Waals surface area contributed by atoms with Gasteiger partial charge in [-0.25, -0.2) is 4.98 Å². The molecule has 4 aromatic rings. The van der Waals surface area contributed by atoms with Crippen LogP contribution in [0.2, 0.25) is 0 Å². The maximum absolute atomic E-state index is 11.6. The number of carbonyl (C=O) groups is 1. The van der Waals surface area contributed by atoms with Gasteiger partial charge in [-0.3, -0.25) is 9.48 Å². The number of nitrogen functional groups attached to an aromatic ring is 1. The molecule has 154 valence electrons. The number of anilines is 1. The van der Waals surface area contributed by atoms with Gasteiger partial charge in [-0.05, 0) is 49.2 Å². The maximum atomic E-state index is 11.6. The zero-order valence-corrected chi connectivity index (χ0v) is 17.9. The first-order valence-electron chi connectivity index (χ1n) is 9.96. The van der Waals surface area contributed by atoms with Crippen LogP contribution >= 0.6 is 11.3 Å². The highest BCUT2D eigenvalue weighted by Crippen LogP contribution is 2.38. The monoisotopic (exact) mass is 421 g/mol. The summed E-state index contributed by atoms with van der Waals surface area (Å²) in [5, 5.41) is 9.12. The molecule has 0 radical (unpaired) electrons. The van der Waals surface area contributed by atoms with E-state index < -0.39 is 0 Å². The van der Waals surface area contributed by atoms with E-state index in [0.717, 1.165) is 43.0 Å². The Kier molecular flexibility index (Phi) is 4.39. The molecule has 1 amide bonds. The van der Waals surface area contributed by atoms with Gasteiger partial charge >= 0.3 is 0 Å². The molecule has 0 unspecified atom stereocenters. The van der Waals surface area contributed by atoms with Crippen LogP contribution in [0, 0.1) is 12.8 Å². The number of nitrogens with two attached hydrogens (primary N) is 1. The zero-order chi connectivity index (χ0) is 21.0. The molecule has 5 rings (SSSR count). The first-order valence-corrected chi connectivity index (χ1v) is 10.8. The number of nitrogens with zero attached hydrogens (tertiary/aromatic N) is 3. The first-order chi connectivity index (χ1) is 14.4. The number of amides is 1.